The second-order valence-electron chi connectivity index (χ2n) is 8.57. The minimum Gasteiger partial charge on any atom is -0.493 e. The van der Waals surface area contributed by atoms with E-state index in [2.05, 4.69) is 11.4 Å². The topological polar surface area (TPSA) is 73.9 Å². The van der Waals surface area contributed by atoms with Gasteiger partial charge in [0.2, 0.25) is 0 Å². The molecule has 6 heteroatoms. The predicted molar refractivity (Wildman–Crippen MR) is 145 cm³/mol. The summed E-state index contributed by atoms with van der Waals surface area (Å²) < 4.78 is 17.0. The molecule has 0 bridgehead atoms. The van der Waals surface area contributed by atoms with Crippen LogP contribution in [0.25, 0.3) is 10.8 Å². The van der Waals surface area contributed by atoms with Crippen LogP contribution in [0, 0.1) is 0 Å². The van der Waals surface area contributed by atoms with Gasteiger partial charge in [-0.15, -0.1) is 0 Å². The van der Waals surface area contributed by atoms with Gasteiger partial charge < -0.3 is 19.5 Å². The zero-order valence-corrected chi connectivity index (χ0v) is 21.2. The second kappa shape index (κ2) is 12.6. The lowest BCUT2D eigenvalue weighted by molar-refractivity contribution is 0.0499. The standard InChI is InChI=1S/C31H31NO5/c1-3-5-18-36-31(34)23-10-14-27(15-11-23)32-30(33)25-13-17-29(35-4-2)26(19-25)21-37-28-16-12-22-8-6-7-9-24(22)20-28/h6-17,19-20H,3-5,18,21H2,1-2H3,(H,32,33). The minimum atomic E-state index is -0.367. The van der Waals surface area contributed by atoms with Crippen molar-refractivity contribution in [2.45, 2.75) is 33.3 Å². The number of anilines is 1. The van der Waals surface area contributed by atoms with Gasteiger partial charge in [-0.1, -0.05) is 43.7 Å². The molecule has 4 aromatic rings. The summed E-state index contributed by atoms with van der Waals surface area (Å²) in [6.07, 6.45) is 1.79. The molecule has 0 spiro atoms. The monoisotopic (exact) mass is 497 g/mol. The van der Waals surface area contributed by atoms with Crippen molar-refractivity contribution in [3.05, 3.63) is 102 Å². The van der Waals surface area contributed by atoms with Crippen molar-refractivity contribution in [2.75, 3.05) is 18.5 Å². The van der Waals surface area contributed by atoms with E-state index in [4.69, 9.17) is 14.2 Å². The Bertz CT molecular complexity index is 1360. The van der Waals surface area contributed by atoms with E-state index in [-0.39, 0.29) is 18.5 Å². The molecule has 6 nitrogen and oxygen atoms in total. The fraction of sp³-hybridized carbons (Fsp3) is 0.226. The maximum Gasteiger partial charge on any atom is 0.338 e. The van der Waals surface area contributed by atoms with Crippen molar-refractivity contribution in [3.8, 4) is 11.5 Å². The van der Waals surface area contributed by atoms with Crippen molar-refractivity contribution < 1.29 is 23.8 Å². The van der Waals surface area contributed by atoms with Gasteiger partial charge in [-0.25, -0.2) is 4.79 Å². The smallest absolute Gasteiger partial charge is 0.338 e. The molecule has 1 N–H and O–H groups in total. The van der Waals surface area contributed by atoms with E-state index in [1.807, 2.05) is 50.2 Å². The lowest BCUT2D eigenvalue weighted by atomic mass is 10.1. The lowest BCUT2D eigenvalue weighted by Gasteiger charge is -2.14. The molecule has 0 aliphatic rings. The molecule has 4 aromatic carbocycles. The fourth-order valence-corrected chi connectivity index (χ4v) is 3.83. The lowest BCUT2D eigenvalue weighted by Crippen LogP contribution is -2.13. The van der Waals surface area contributed by atoms with Crippen LogP contribution in [0.2, 0.25) is 0 Å². The molecule has 0 unspecified atom stereocenters. The zero-order chi connectivity index (χ0) is 26.0. The van der Waals surface area contributed by atoms with Crippen molar-refractivity contribution in [2.24, 2.45) is 0 Å². The van der Waals surface area contributed by atoms with Crippen LogP contribution in [0.1, 0.15) is 53.0 Å². The van der Waals surface area contributed by atoms with Crippen LogP contribution in [-0.4, -0.2) is 25.1 Å². The van der Waals surface area contributed by atoms with E-state index in [1.54, 1.807) is 42.5 Å². The van der Waals surface area contributed by atoms with Crippen molar-refractivity contribution in [1.29, 1.82) is 0 Å². The van der Waals surface area contributed by atoms with Gasteiger partial charge in [-0.05, 0) is 78.7 Å². The summed E-state index contributed by atoms with van der Waals surface area (Å²) in [5, 5.41) is 5.12. The number of esters is 1. The van der Waals surface area contributed by atoms with Crippen LogP contribution < -0.4 is 14.8 Å². The average molecular weight is 498 g/mol. The molecule has 0 aliphatic heterocycles. The first-order valence-electron chi connectivity index (χ1n) is 12.5. The normalized spacial score (nSPS) is 10.6. The van der Waals surface area contributed by atoms with Gasteiger partial charge in [-0.3, -0.25) is 4.79 Å². The molecule has 0 radical (unpaired) electrons. The highest BCUT2D eigenvalue weighted by Crippen LogP contribution is 2.25. The number of unbranched alkanes of at least 4 members (excludes halogenated alkanes) is 1. The quantitative estimate of drug-likeness (QED) is 0.178. The van der Waals surface area contributed by atoms with Crippen molar-refractivity contribution in [1.82, 2.24) is 0 Å². The third kappa shape index (κ3) is 6.88. The Labute approximate surface area is 217 Å². The van der Waals surface area contributed by atoms with Gasteiger partial charge >= 0.3 is 5.97 Å². The number of carbonyl (C=O) groups excluding carboxylic acids is 2. The van der Waals surface area contributed by atoms with Gasteiger partial charge in [-0.2, -0.15) is 0 Å². The Hall–Kier alpha value is -4.32. The SMILES string of the molecule is CCCCOC(=O)c1ccc(NC(=O)c2ccc(OCC)c(COc3ccc4ccccc4c3)c2)cc1. The van der Waals surface area contributed by atoms with Crippen LogP contribution in [0.3, 0.4) is 0 Å². The molecular formula is C31H31NO5. The number of fused-ring (bicyclic) bond motifs is 1. The summed E-state index contributed by atoms with van der Waals surface area (Å²) >= 11 is 0. The van der Waals surface area contributed by atoms with E-state index in [0.717, 1.165) is 34.9 Å². The molecule has 0 fully saturated rings. The summed E-state index contributed by atoms with van der Waals surface area (Å²) in [4.78, 5) is 25.1. The Morgan fingerprint density at radius 2 is 1.54 bits per heavy atom. The summed E-state index contributed by atoms with van der Waals surface area (Å²) in [6, 6.07) is 26.0. The molecular weight excluding hydrogens is 466 g/mol. The minimum absolute atomic E-state index is 0.254. The van der Waals surface area contributed by atoms with Gasteiger partial charge in [0.25, 0.3) is 5.91 Å². The van der Waals surface area contributed by atoms with Crippen LogP contribution in [0.4, 0.5) is 5.69 Å². The first-order valence-corrected chi connectivity index (χ1v) is 12.5. The molecule has 0 aromatic heterocycles. The van der Waals surface area contributed by atoms with Crippen LogP contribution in [-0.2, 0) is 11.3 Å². The van der Waals surface area contributed by atoms with Crippen LogP contribution >= 0.6 is 0 Å². The van der Waals surface area contributed by atoms with E-state index in [1.165, 1.54) is 0 Å². The molecule has 37 heavy (non-hydrogen) atoms. The van der Waals surface area contributed by atoms with E-state index < -0.39 is 0 Å². The third-order valence-corrected chi connectivity index (χ3v) is 5.85. The number of nitrogens with one attached hydrogen (secondary N) is 1. The number of hydrogen-bond acceptors (Lipinski definition) is 5. The molecule has 4 rings (SSSR count). The van der Waals surface area contributed by atoms with Crippen molar-refractivity contribution in [3.63, 3.8) is 0 Å². The first kappa shape index (κ1) is 25.8. The summed E-state index contributed by atoms with van der Waals surface area (Å²) in [6.45, 7) is 5.11. The van der Waals surface area contributed by atoms with Gasteiger partial charge in [0.05, 0.1) is 18.8 Å². The first-order chi connectivity index (χ1) is 18.1. The Morgan fingerprint density at radius 3 is 2.30 bits per heavy atom. The van der Waals surface area contributed by atoms with E-state index >= 15 is 0 Å². The number of amides is 1. The molecule has 190 valence electrons. The van der Waals surface area contributed by atoms with Crippen molar-refractivity contribution >= 4 is 28.3 Å². The van der Waals surface area contributed by atoms with E-state index in [9.17, 15) is 9.59 Å². The van der Waals surface area contributed by atoms with Crippen LogP contribution in [0.15, 0.2) is 84.9 Å². The number of hydrogen-bond donors (Lipinski definition) is 1. The summed E-state index contributed by atoms with van der Waals surface area (Å²) in [5.74, 6) is 0.775. The highest BCUT2D eigenvalue weighted by Gasteiger charge is 2.13. The summed E-state index contributed by atoms with van der Waals surface area (Å²) in [7, 11) is 0. The Morgan fingerprint density at radius 1 is 0.784 bits per heavy atom. The number of rotatable bonds is 11. The van der Waals surface area contributed by atoms with Gasteiger partial charge in [0.1, 0.15) is 18.1 Å². The Balaban J connectivity index is 1.44. The maximum atomic E-state index is 13.0. The molecule has 0 saturated carbocycles. The van der Waals surface area contributed by atoms with Gasteiger partial charge in [0.15, 0.2) is 0 Å². The largest absolute Gasteiger partial charge is 0.493 e. The predicted octanol–water partition coefficient (Wildman–Crippen LogP) is 7.03. The molecule has 0 saturated heterocycles. The number of carbonyl (C=O) groups is 2. The molecule has 0 atom stereocenters. The average Bonchev–Trinajstić information content (AvgIpc) is 2.93. The van der Waals surface area contributed by atoms with Crippen LogP contribution in [0.5, 0.6) is 11.5 Å². The maximum absolute atomic E-state index is 13.0. The third-order valence-electron chi connectivity index (χ3n) is 5.85. The molecule has 0 aliphatic carbocycles. The number of ether oxygens (including phenoxy) is 3. The highest BCUT2D eigenvalue weighted by atomic mass is 16.5. The summed E-state index contributed by atoms with van der Waals surface area (Å²) in [5.41, 5.74) is 2.28. The van der Waals surface area contributed by atoms with E-state index in [0.29, 0.717) is 35.8 Å². The fourth-order valence-electron chi connectivity index (χ4n) is 3.83. The molecule has 1 amide bonds. The number of benzene rings is 4. The highest BCUT2D eigenvalue weighted by molar-refractivity contribution is 6.04. The molecule has 0 heterocycles. The van der Waals surface area contributed by atoms with Gasteiger partial charge in [0, 0.05) is 16.8 Å². The zero-order valence-electron chi connectivity index (χ0n) is 21.2. The second-order valence-corrected chi connectivity index (χ2v) is 8.57. The Kier molecular flexibility index (Phi) is 8.76.